The third-order valence-corrected chi connectivity index (χ3v) is 4.21. The molecule has 1 fully saturated rings. The highest BCUT2D eigenvalue weighted by molar-refractivity contribution is 5.72. The fourth-order valence-electron chi connectivity index (χ4n) is 2.74. The fourth-order valence-corrected chi connectivity index (χ4v) is 2.74. The van der Waals surface area contributed by atoms with Crippen molar-refractivity contribution in [1.29, 1.82) is 0 Å². The first kappa shape index (κ1) is 15.6. The molecule has 0 saturated carbocycles. The predicted octanol–water partition coefficient (Wildman–Crippen LogP) is 1.25. The Labute approximate surface area is 124 Å². The minimum Gasteiger partial charge on any atom is -0.508 e. The number of carbonyl (C=O) groups is 1. The minimum absolute atomic E-state index is 0.0509. The summed E-state index contributed by atoms with van der Waals surface area (Å²) in [5.74, 6) is -0.695. The molecule has 1 aromatic rings. The van der Waals surface area contributed by atoms with Gasteiger partial charge >= 0.3 is 5.97 Å². The van der Waals surface area contributed by atoms with Gasteiger partial charge in [0.25, 0.3) is 0 Å². The van der Waals surface area contributed by atoms with Gasteiger partial charge in [-0.15, -0.1) is 0 Å². The van der Waals surface area contributed by atoms with E-state index >= 15 is 0 Å². The van der Waals surface area contributed by atoms with Crippen molar-refractivity contribution in [2.24, 2.45) is 0 Å². The second-order valence-electron chi connectivity index (χ2n) is 5.54. The number of phenolic OH excluding ortho intramolecular Hbond substituents is 2. The van der Waals surface area contributed by atoms with E-state index in [0.717, 1.165) is 18.7 Å². The topological polar surface area (TPSA) is 84.2 Å². The third kappa shape index (κ3) is 3.65. The van der Waals surface area contributed by atoms with Gasteiger partial charge in [0.2, 0.25) is 0 Å². The molecule has 2 atom stereocenters. The van der Waals surface area contributed by atoms with E-state index in [1.165, 1.54) is 6.07 Å². The number of carboxylic acids is 1. The van der Waals surface area contributed by atoms with Gasteiger partial charge < -0.3 is 15.3 Å². The zero-order valence-corrected chi connectivity index (χ0v) is 12.4. The summed E-state index contributed by atoms with van der Waals surface area (Å²) in [5, 5.41) is 28.2. The first-order chi connectivity index (χ1) is 9.88. The van der Waals surface area contributed by atoms with Crippen LogP contribution in [0.2, 0.25) is 0 Å². The molecule has 1 heterocycles. The summed E-state index contributed by atoms with van der Waals surface area (Å²) in [6.45, 7) is 6.63. The molecule has 0 radical (unpaired) electrons. The van der Waals surface area contributed by atoms with Crippen molar-refractivity contribution in [2.45, 2.75) is 25.9 Å². The molecule has 0 aromatic heterocycles. The standard InChI is InChI=1S/C15H22N2O4/c1-10(12-7-13(18)9-14(19)8-12)16-3-5-17(6-4-16)11(2)15(20)21/h7-11,18-19H,3-6H2,1-2H3,(H,20,21). The number of phenols is 2. The Bertz CT molecular complexity index is 492. The van der Waals surface area contributed by atoms with E-state index in [4.69, 9.17) is 5.11 Å². The van der Waals surface area contributed by atoms with Crippen LogP contribution in [-0.2, 0) is 4.79 Å². The smallest absolute Gasteiger partial charge is 0.320 e. The SMILES string of the molecule is CC(C(=O)O)N1CCN(C(C)c2cc(O)cc(O)c2)CC1. The monoisotopic (exact) mass is 294 g/mol. The highest BCUT2D eigenvalue weighted by atomic mass is 16.4. The molecule has 21 heavy (non-hydrogen) atoms. The number of nitrogens with zero attached hydrogens (tertiary/aromatic N) is 2. The molecule has 6 nitrogen and oxygen atoms in total. The van der Waals surface area contributed by atoms with E-state index in [0.29, 0.717) is 13.1 Å². The Morgan fingerprint density at radius 3 is 1.95 bits per heavy atom. The quantitative estimate of drug-likeness (QED) is 0.775. The summed E-state index contributed by atoms with van der Waals surface area (Å²) in [7, 11) is 0. The van der Waals surface area contributed by atoms with Crippen molar-refractivity contribution in [3.05, 3.63) is 23.8 Å². The lowest BCUT2D eigenvalue weighted by molar-refractivity contribution is -0.143. The molecule has 6 heteroatoms. The van der Waals surface area contributed by atoms with Gasteiger partial charge in [0.1, 0.15) is 17.5 Å². The van der Waals surface area contributed by atoms with Gasteiger partial charge in [0.15, 0.2) is 0 Å². The van der Waals surface area contributed by atoms with Gasteiger partial charge in [-0.1, -0.05) is 0 Å². The van der Waals surface area contributed by atoms with E-state index in [9.17, 15) is 15.0 Å². The van der Waals surface area contributed by atoms with Crippen LogP contribution in [0.15, 0.2) is 18.2 Å². The van der Waals surface area contributed by atoms with Crippen LogP contribution < -0.4 is 0 Å². The van der Waals surface area contributed by atoms with Crippen molar-refractivity contribution in [1.82, 2.24) is 9.80 Å². The van der Waals surface area contributed by atoms with Crippen LogP contribution >= 0.6 is 0 Å². The maximum Gasteiger partial charge on any atom is 0.320 e. The first-order valence-electron chi connectivity index (χ1n) is 7.12. The summed E-state index contributed by atoms with van der Waals surface area (Å²) in [4.78, 5) is 15.2. The fraction of sp³-hybridized carbons (Fsp3) is 0.533. The normalized spacial score (nSPS) is 20.1. The number of carboxylic acid groups (broad SMARTS) is 1. The van der Waals surface area contributed by atoms with Crippen LogP contribution in [0.4, 0.5) is 0 Å². The first-order valence-corrected chi connectivity index (χ1v) is 7.12. The van der Waals surface area contributed by atoms with Crippen LogP contribution in [0.5, 0.6) is 11.5 Å². The average Bonchev–Trinajstić information content (AvgIpc) is 2.44. The molecule has 1 aliphatic rings. The number of hydrogen-bond donors (Lipinski definition) is 3. The Kier molecular flexibility index (Phi) is 4.69. The largest absolute Gasteiger partial charge is 0.508 e. The predicted molar refractivity (Wildman–Crippen MR) is 78.4 cm³/mol. The van der Waals surface area contributed by atoms with E-state index < -0.39 is 12.0 Å². The molecule has 2 rings (SSSR count). The van der Waals surface area contributed by atoms with Gasteiger partial charge in [0, 0.05) is 38.3 Å². The summed E-state index contributed by atoms with van der Waals surface area (Å²) < 4.78 is 0. The second-order valence-corrected chi connectivity index (χ2v) is 5.54. The van der Waals surface area contributed by atoms with Crippen LogP contribution in [-0.4, -0.2) is 63.3 Å². The van der Waals surface area contributed by atoms with Gasteiger partial charge in [0.05, 0.1) is 0 Å². The number of rotatable bonds is 4. The van der Waals surface area contributed by atoms with Gasteiger partial charge in [-0.2, -0.15) is 0 Å². The molecule has 1 saturated heterocycles. The molecular formula is C15H22N2O4. The zero-order valence-electron chi connectivity index (χ0n) is 12.4. The van der Waals surface area contributed by atoms with E-state index in [1.54, 1.807) is 19.1 Å². The maximum absolute atomic E-state index is 11.0. The van der Waals surface area contributed by atoms with Crippen LogP contribution in [0.3, 0.4) is 0 Å². The molecular weight excluding hydrogens is 272 g/mol. The Hall–Kier alpha value is -1.79. The van der Waals surface area contributed by atoms with Crippen LogP contribution in [0.1, 0.15) is 25.5 Å². The van der Waals surface area contributed by atoms with Crippen LogP contribution in [0, 0.1) is 0 Å². The lowest BCUT2D eigenvalue weighted by atomic mass is 10.0. The molecule has 0 amide bonds. The van der Waals surface area contributed by atoms with Crippen molar-refractivity contribution >= 4 is 5.97 Å². The molecule has 0 spiro atoms. The number of benzene rings is 1. The van der Waals surface area contributed by atoms with Crippen molar-refractivity contribution in [3.8, 4) is 11.5 Å². The molecule has 3 N–H and O–H groups in total. The lowest BCUT2D eigenvalue weighted by Gasteiger charge is -2.39. The molecule has 0 bridgehead atoms. The van der Waals surface area contributed by atoms with Gasteiger partial charge in [-0.25, -0.2) is 0 Å². The summed E-state index contributed by atoms with van der Waals surface area (Å²) >= 11 is 0. The second kappa shape index (κ2) is 6.32. The van der Waals surface area contributed by atoms with E-state index in [1.807, 2.05) is 11.8 Å². The summed E-state index contributed by atoms with van der Waals surface area (Å²) in [6.07, 6.45) is 0. The number of hydrogen-bond acceptors (Lipinski definition) is 5. The molecule has 1 aliphatic heterocycles. The number of aromatic hydroxyl groups is 2. The average molecular weight is 294 g/mol. The number of aliphatic carboxylic acids is 1. The van der Waals surface area contributed by atoms with E-state index in [-0.39, 0.29) is 17.5 Å². The highest BCUT2D eigenvalue weighted by Gasteiger charge is 2.27. The molecule has 116 valence electrons. The lowest BCUT2D eigenvalue weighted by Crippen LogP contribution is -2.52. The maximum atomic E-state index is 11.0. The van der Waals surface area contributed by atoms with Gasteiger partial charge in [-0.05, 0) is 31.5 Å². The van der Waals surface area contributed by atoms with Crippen molar-refractivity contribution < 1.29 is 20.1 Å². The Balaban J connectivity index is 2.00. The van der Waals surface area contributed by atoms with Crippen molar-refractivity contribution in [3.63, 3.8) is 0 Å². The van der Waals surface area contributed by atoms with E-state index in [2.05, 4.69) is 4.90 Å². The number of piperazine rings is 1. The zero-order chi connectivity index (χ0) is 15.6. The molecule has 1 aromatic carbocycles. The minimum atomic E-state index is -0.797. The highest BCUT2D eigenvalue weighted by Crippen LogP contribution is 2.28. The molecule has 0 aliphatic carbocycles. The Morgan fingerprint density at radius 2 is 1.48 bits per heavy atom. The summed E-state index contributed by atoms with van der Waals surface area (Å²) in [5.41, 5.74) is 0.854. The summed E-state index contributed by atoms with van der Waals surface area (Å²) in [6, 6.07) is 4.20. The Morgan fingerprint density at radius 1 is 1.00 bits per heavy atom. The molecule has 2 unspecified atom stereocenters. The van der Waals surface area contributed by atoms with Crippen LogP contribution in [0.25, 0.3) is 0 Å². The third-order valence-electron chi connectivity index (χ3n) is 4.21. The van der Waals surface area contributed by atoms with Crippen molar-refractivity contribution in [2.75, 3.05) is 26.2 Å². The van der Waals surface area contributed by atoms with Gasteiger partial charge in [-0.3, -0.25) is 14.6 Å².